The maximum atomic E-state index is 11.9. The Labute approximate surface area is 147 Å². The van der Waals surface area contributed by atoms with Crippen LogP contribution in [0.25, 0.3) is 11.3 Å². The first-order chi connectivity index (χ1) is 12.2. The highest BCUT2D eigenvalue weighted by atomic mass is 35.5. The van der Waals surface area contributed by atoms with E-state index < -0.39 is 5.97 Å². The third-order valence-electron chi connectivity index (χ3n) is 3.07. The van der Waals surface area contributed by atoms with E-state index in [4.69, 9.17) is 20.8 Å². The molecule has 128 valence electrons. The predicted molar refractivity (Wildman–Crippen MR) is 90.5 cm³/mol. The molecule has 0 aliphatic carbocycles. The van der Waals surface area contributed by atoms with E-state index in [0.717, 1.165) is 0 Å². The van der Waals surface area contributed by atoms with Crippen LogP contribution in [0.4, 0.5) is 5.95 Å². The van der Waals surface area contributed by atoms with Gasteiger partial charge in [-0.3, -0.25) is 0 Å². The van der Waals surface area contributed by atoms with Gasteiger partial charge in [0.1, 0.15) is 11.5 Å². The topological polar surface area (TPSA) is 118 Å². The van der Waals surface area contributed by atoms with Crippen molar-refractivity contribution in [2.24, 2.45) is 5.10 Å². The van der Waals surface area contributed by atoms with E-state index in [0.29, 0.717) is 22.1 Å². The summed E-state index contributed by atoms with van der Waals surface area (Å²) in [4.78, 5) is 11.9. The normalized spacial score (nSPS) is 11.0. The highest BCUT2D eigenvalue weighted by Gasteiger charge is 2.14. The monoisotopic (exact) mass is 360 g/mol. The molecule has 0 radical (unpaired) electrons. The number of rotatable bonds is 6. The Kier molecular flexibility index (Phi) is 5.05. The average molecular weight is 361 g/mol. The van der Waals surface area contributed by atoms with Gasteiger partial charge < -0.3 is 9.15 Å². The number of nitrogens with zero attached hydrogens (tertiary/aromatic N) is 4. The maximum absolute atomic E-state index is 11.9. The van der Waals surface area contributed by atoms with Crippen LogP contribution in [0, 0.1) is 0 Å². The maximum Gasteiger partial charge on any atom is 0.339 e. The number of furan rings is 1. The van der Waals surface area contributed by atoms with Crippen LogP contribution in [0.5, 0.6) is 0 Å². The number of tetrazole rings is 1. The van der Waals surface area contributed by atoms with Crippen LogP contribution in [0.1, 0.15) is 23.0 Å². The quantitative estimate of drug-likeness (QED) is 0.394. The summed E-state index contributed by atoms with van der Waals surface area (Å²) < 4.78 is 10.7. The van der Waals surface area contributed by atoms with E-state index in [-0.39, 0.29) is 18.1 Å². The number of hydrogen-bond acceptors (Lipinski definition) is 8. The van der Waals surface area contributed by atoms with Crippen molar-refractivity contribution in [3.8, 4) is 11.3 Å². The summed E-state index contributed by atoms with van der Waals surface area (Å²) in [7, 11) is 0. The highest BCUT2D eigenvalue weighted by Crippen LogP contribution is 2.27. The fourth-order valence-electron chi connectivity index (χ4n) is 1.98. The Morgan fingerprint density at radius 1 is 1.44 bits per heavy atom. The predicted octanol–water partition coefficient (Wildman–Crippen LogP) is 2.74. The standard InChI is InChI=1S/C15H13ClN6O3/c1-2-24-14(23)11-7-9(3-5-12(11)16)13-6-4-10(25-13)8-17-18-15-19-21-22-20-15/h3-8H,2H2,1H3,(H2,18,19,20,21,22)/b17-8-. The van der Waals surface area contributed by atoms with Crippen LogP contribution < -0.4 is 5.43 Å². The summed E-state index contributed by atoms with van der Waals surface area (Å²) in [5.41, 5.74) is 3.56. The lowest BCUT2D eigenvalue weighted by Gasteiger charge is -2.05. The van der Waals surface area contributed by atoms with Gasteiger partial charge >= 0.3 is 5.97 Å². The fraction of sp³-hybridized carbons (Fsp3) is 0.133. The largest absolute Gasteiger partial charge is 0.462 e. The molecule has 0 aliphatic heterocycles. The second-order valence-electron chi connectivity index (χ2n) is 4.72. The van der Waals surface area contributed by atoms with Gasteiger partial charge in [-0.25, -0.2) is 10.2 Å². The number of H-pyrrole nitrogens is 1. The summed E-state index contributed by atoms with van der Waals surface area (Å²) in [6, 6.07) is 8.49. The van der Waals surface area contributed by atoms with Gasteiger partial charge in [-0.1, -0.05) is 16.7 Å². The van der Waals surface area contributed by atoms with Crippen molar-refractivity contribution in [2.45, 2.75) is 6.92 Å². The summed E-state index contributed by atoms with van der Waals surface area (Å²) in [6.45, 7) is 2.00. The number of aromatic nitrogens is 4. The fourth-order valence-corrected chi connectivity index (χ4v) is 2.18. The first kappa shape index (κ1) is 16.7. The van der Waals surface area contributed by atoms with Gasteiger partial charge in [-0.15, -0.1) is 5.10 Å². The van der Waals surface area contributed by atoms with E-state index in [1.807, 2.05) is 0 Å². The Morgan fingerprint density at radius 3 is 3.08 bits per heavy atom. The van der Waals surface area contributed by atoms with Gasteiger partial charge in [-0.05, 0) is 42.5 Å². The van der Waals surface area contributed by atoms with Gasteiger partial charge in [0.25, 0.3) is 5.95 Å². The second kappa shape index (κ2) is 7.58. The number of hydrazone groups is 1. The van der Waals surface area contributed by atoms with Gasteiger partial charge in [-0.2, -0.15) is 10.3 Å². The third kappa shape index (κ3) is 4.01. The van der Waals surface area contributed by atoms with E-state index in [2.05, 4.69) is 31.2 Å². The number of hydrogen-bond donors (Lipinski definition) is 2. The van der Waals surface area contributed by atoms with Crippen molar-refractivity contribution in [1.82, 2.24) is 20.6 Å². The van der Waals surface area contributed by atoms with Crippen LogP contribution in [-0.2, 0) is 4.74 Å². The van der Waals surface area contributed by atoms with Crippen molar-refractivity contribution in [2.75, 3.05) is 12.0 Å². The van der Waals surface area contributed by atoms with Gasteiger partial charge in [0.2, 0.25) is 0 Å². The van der Waals surface area contributed by atoms with Crippen molar-refractivity contribution >= 4 is 29.7 Å². The molecular weight excluding hydrogens is 348 g/mol. The van der Waals surface area contributed by atoms with E-state index in [1.54, 1.807) is 37.3 Å². The number of benzene rings is 1. The Morgan fingerprint density at radius 2 is 2.32 bits per heavy atom. The zero-order chi connectivity index (χ0) is 17.6. The minimum Gasteiger partial charge on any atom is -0.462 e. The minimum absolute atomic E-state index is 0.236. The minimum atomic E-state index is -0.480. The molecule has 2 heterocycles. The Balaban J connectivity index is 1.76. The molecule has 0 aliphatic rings. The van der Waals surface area contributed by atoms with Crippen molar-refractivity contribution < 1.29 is 13.9 Å². The molecule has 0 saturated carbocycles. The lowest BCUT2D eigenvalue weighted by atomic mass is 10.1. The van der Waals surface area contributed by atoms with Crippen molar-refractivity contribution in [3.05, 3.63) is 46.7 Å². The first-order valence-corrected chi connectivity index (χ1v) is 7.64. The summed E-state index contributed by atoms with van der Waals surface area (Å²) >= 11 is 6.06. The van der Waals surface area contributed by atoms with Crippen LogP contribution in [0.2, 0.25) is 5.02 Å². The van der Waals surface area contributed by atoms with Gasteiger partial charge in [0.05, 0.1) is 23.4 Å². The molecule has 9 nitrogen and oxygen atoms in total. The number of ether oxygens (including phenoxy) is 1. The average Bonchev–Trinajstić information content (AvgIpc) is 3.27. The lowest BCUT2D eigenvalue weighted by molar-refractivity contribution is 0.0526. The second-order valence-corrected chi connectivity index (χ2v) is 5.13. The molecule has 0 unspecified atom stereocenters. The van der Waals surface area contributed by atoms with Crippen LogP contribution in [0.15, 0.2) is 39.9 Å². The third-order valence-corrected chi connectivity index (χ3v) is 3.40. The smallest absolute Gasteiger partial charge is 0.339 e. The molecular formula is C15H13ClN6O3. The Bertz CT molecular complexity index is 891. The summed E-state index contributed by atoms with van der Waals surface area (Å²) in [6.07, 6.45) is 1.46. The number of anilines is 1. The molecule has 2 N–H and O–H groups in total. The molecule has 3 rings (SSSR count). The van der Waals surface area contributed by atoms with E-state index >= 15 is 0 Å². The van der Waals surface area contributed by atoms with Crippen LogP contribution in [0.3, 0.4) is 0 Å². The van der Waals surface area contributed by atoms with Gasteiger partial charge in [0.15, 0.2) is 0 Å². The van der Waals surface area contributed by atoms with E-state index in [1.165, 1.54) is 6.21 Å². The number of carbonyl (C=O) groups is 1. The number of carbonyl (C=O) groups excluding carboxylic acids is 1. The molecule has 10 heteroatoms. The number of esters is 1. The molecule has 25 heavy (non-hydrogen) atoms. The SMILES string of the molecule is CCOC(=O)c1cc(-c2ccc(/C=N\Nc3nn[nH]n3)o2)ccc1Cl. The van der Waals surface area contributed by atoms with Crippen molar-refractivity contribution in [1.29, 1.82) is 0 Å². The first-order valence-electron chi connectivity index (χ1n) is 7.26. The molecule has 1 aromatic carbocycles. The molecule has 0 bridgehead atoms. The molecule has 0 spiro atoms. The van der Waals surface area contributed by atoms with Crippen molar-refractivity contribution in [3.63, 3.8) is 0 Å². The van der Waals surface area contributed by atoms with Gasteiger partial charge in [0, 0.05) is 5.56 Å². The molecule has 3 aromatic rings. The lowest BCUT2D eigenvalue weighted by Crippen LogP contribution is -2.05. The van der Waals surface area contributed by atoms with Crippen LogP contribution in [-0.4, -0.2) is 39.4 Å². The zero-order valence-electron chi connectivity index (χ0n) is 13.1. The molecule has 2 aromatic heterocycles. The number of nitrogens with one attached hydrogen (secondary N) is 2. The molecule has 0 atom stereocenters. The highest BCUT2D eigenvalue weighted by molar-refractivity contribution is 6.33. The molecule has 0 saturated heterocycles. The molecule has 0 fully saturated rings. The summed E-state index contributed by atoms with van der Waals surface area (Å²) in [5, 5.41) is 17.3. The number of halogens is 1. The van der Waals surface area contributed by atoms with E-state index in [9.17, 15) is 4.79 Å². The summed E-state index contributed by atoms with van der Waals surface area (Å²) in [5.74, 6) is 0.814. The van der Waals surface area contributed by atoms with Crippen LogP contribution >= 0.6 is 11.6 Å². The zero-order valence-corrected chi connectivity index (χ0v) is 13.8. The molecule has 0 amide bonds. The Hall–Kier alpha value is -3.20. The number of aromatic amines is 1.